The molecule has 6 aromatic rings. The van der Waals surface area contributed by atoms with Crippen LogP contribution in [0.3, 0.4) is 0 Å². The Balaban J connectivity index is 0.000000191. The van der Waals surface area contributed by atoms with Gasteiger partial charge in [0.2, 0.25) is 0 Å². The van der Waals surface area contributed by atoms with Gasteiger partial charge in [0.05, 0.1) is 0 Å². The summed E-state index contributed by atoms with van der Waals surface area (Å²) in [5.41, 5.74) is 1.04. The lowest BCUT2D eigenvalue weighted by molar-refractivity contribution is 0.1000. The van der Waals surface area contributed by atoms with Gasteiger partial charge in [-0.3, -0.25) is 29.3 Å². The molecule has 0 atom stereocenters. The Morgan fingerprint density at radius 3 is 1.41 bits per heavy atom. The minimum absolute atomic E-state index is 0.0671. The van der Waals surface area contributed by atoms with E-state index in [-0.39, 0.29) is 34.8 Å². The van der Waals surface area contributed by atoms with Crippen molar-refractivity contribution in [1.29, 1.82) is 0 Å². The van der Waals surface area contributed by atoms with Crippen molar-refractivity contribution >= 4 is 29.5 Å². The number of hydrogen-bond acceptors (Lipinski definition) is 9. The average molecular weight is 716 g/mol. The first-order valence-electron chi connectivity index (χ1n) is 14.7. The van der Waals surface area contributed by atoms with Crippen molar-refractivity contribution in [3.8, 4) is 28.7 Å². The quantitative estimate of drug-likeness (QED) is 0.127. The fraction of sp³-hybridized carbons (Fsp3) is 0.0526. The molecule has 0 saturated carbocycles. The summed E-state index contributed by atoms with van der Waals surface area (Å²) >= 11 is 5.60. The number of nitrogens with zero attached hydrogens (tertiary/aromatic N) is 3. The van der Waals surface area contributed by atoms with Crippen molar-refractivity contribution in [1.82, 2.24) is 15.0 Å². The van der Waals surface area contributed by atoms with E-state index in [4.69, 9.17) is 26.2 Å². The third-order valence-electron chi connectivity index (χ3n) is 5.97. The van der Waals surface area contributed by atoms with Gasteiger partial charge in [0.15, 0.2) is 17.9 Å². The summed E-state index contributed by atoms with van der Waals surface area (Å²) in [5, 5.41) is 9.13. The lowest BCUT2D eigenvalue weighted by Gasteiger charge is -2.05. The topological polar surface area (TPSA) is 129 Å². The Morgan fingerprint density at radius 2 is 1.00 bits per heavy atom. The number of benzene rings is 3. The molecule has 0 aliphatic rings. The van der Waals surface area contributed by atoms with E-state index < -0.39 is 0 Å². The number of carbonyl (C=O) groups is 3. The number of halogens is 4. The highest BCUT2D eigenvalue weighted by Gasteiger charge is 2.04. The first kappa shape index (κ1) is 39.0. The van der Waals surface area contributed by atoms with Crippen molar-refractivity contribution in [2.24, 2.45) is 0 Å². The van der Waals surface area contributed by atoms with Crippen molar-refractivity contribution < 1.29 is 42.1 Å². The highest BCUT2D eigenvalue weighted by Crippen LogP contribution is 2.22. The maximum atomic E-state index is 12.7. The highest BCUT2D eigenvalue weighted by molar-refractivity contribution is 6.30. The molecule has 0 amide bonds. The van der Waals surface area contributed by atoms with Crippen molar-refractivity contribution in [2.45, 2.75) is 13.8 Å². The van der Waals surface area contributed by atoms with Crippen LogP contribution in [0.25, 0.3) is 0 Å². The molecule has 51 heavy (non-hydrogen) atoms. The molecule has 0 aliphatic heterocycles. The van der Waals surface area contributed by atoms with Gasteiger partial charge in [0.25, 0.3) is 0 Å². The molecule has 1 N–H and O–H groups in total. The van der Waals surface area contributed by atoms with Crippen LogP contribution in [0.1, 0.15) is 45.3 Å². The molecule has 0 saturated heterocycles. The second kappa shape index (κ2) is 20.2. The molecule has 13 heteroatoms. The number of pyridine rings is 3. The smallest absolute Gasteiger partial charge is 0.178 e. The fourth-order valence-electron chi connectivity index (χ4n) is 3.54. The van der Waals surface area contributed by atoms with Gasteiger partial charge in [0, 0.05) is 49.6 Å². The molecule has 260 valence electrons. The van der Waals surface area contributed by atoms with E-state index in [2.05, 4.69) is 15.0 Å². The number of aromatic hydroxyl groups is 1. The molecule has 3 aromatic heterocycles. The van der Waals surface area contributed by atoms with Crippen molar-refractivity contribution in [2.75, 3.05) is 0 Å². The summed E-state index contributed by atoms with van der Waals surface area (Å²) in [5.74, 6) is 0.912. The van der Waals surface area contributed by atoms with Crippen LogP contribution in [-0.2, 0) is 0 Å². The lowest BCUT2D eigenvalue weighted by Crippen LogP contribution is -1.96. The number of hydrogen-bond donors (Lipinski definition) is 1. The van der Waals surface area contributed by atoms with Gasteiger partial charge in [-0.25, -0.2) is 13.2 Å². The molecule has 0 unspecified atom stereocenters. The lowest BCUT2D eigenvalue weighted by atomic mass is 10.2. The van der Waals surface area contributed by atoms with E-state index in [1.807, 2.05) is 0 Å². The zero-order valence-electron chi connectivity index (χ0n) is 27.0. The third-order valence-corrected chi connectivity index (χ3v) is 6.21. The minimum Gasteiger partial charge on any atom is -0.508 e. The monoisotopic (exact) mass is 715 g/mol. The van der Waals surface area contributed by atoms with Crippen LogP contribution < -0.4 is 9.47 Å². The standard InChI is InChI=1S/C13H10FNO2.C12H8FNO2.C7H6ClNO.C6H5FO/c1-9(16)13-8-12(6-7-15-13)17-11-4-2-10(14)3-5-11;13-9-1-3-11(4-2-9)16-12-5-6-14-10(7-12)8-15;1-5(10)7-4-6(8)2-3-9-7;7-5-1-3-6(8)4-2-5/h2-8H,1H3;1-8H;2-4H,1H3;1-4,8H. The van der Waals surface area contributed by atoms with Crippen molar-refractivity contribution in [3.63, 3.8) is 0 Å². The summed E-state index contributed by atoms with van der Waals surface area (Å²) in [6.45, 7) is 2.89. The number of Topliss-reactive ketones (excluding diaryl/α,β-unsaturated/α-hetero) is 2. The summed E-state index contributed by atoms with van der Waals surface area (Å²) < 4.78 is 48.2. The normalized spacial score (nSPS) is 9.69. The zero-order valence-corrected chi connectivity index (χ0v) is 27.8. The summed E-state index contributed by atoms with van der Waals surface area (Å²) in [6.07, 6.45) is 5.12. The van der Waals surface area contributed by atoms with Crippen LogP contribution in [0, 0.1) is 17.5 Å². The van der Waals surface area contributed by atoms with E-state index in [1.54, 1.807) is 30.3 Å². The second-order valence-corrected chi connectivity index (χ2v) is 10.4. The van der Waals surface area contributed by atoms with Gasteiger partial charge in [-0.15, -0.1) is 0 Å². The van der Waals surface area contributed by atoms with E-state index >= 15 is 0 Å². The summed E-state index contributed by atoms with van der Waals surface area (Å²) in [6, 6.07) is 25.8. The number of ether oxygens (including phenoxy) is 2. The van der Waals surface area contributed by atoms with Crippen LogP contribution in [0.2, 0.25) is 5.02 Å². The molecule has 0 aliphatic carbocycles. The predicted octanol–water partition coefficient (Wildman–Crippen LogP) is 9.51. The molecule has 6 rings (SSSR count). The van der Waals surface area contributed by atoms with E-state index in [1.165, 1.54) is 111 Å². The largest absolute Gasteiger partial charge is 0.508 e. The molecule has 3 heterocycles. The van der Waals surface area contributed by atoms with Crippen molar-refractivity contribution in [3.05, 3.63) is 167 Å². The number of aromatic nitrogens is 3. The van der Waals surface area contributed by atoms with Gasteiger partial charge >= 0.3 is 0 Å². The molecule has 3 aromatic carbocycles. The van der Waals surface area contributed by atoms with Crippen LogP contribution in [0.5, 0.6) is 28.7 Å². The maximum absolute atomic E-state index is 12.7. The van der Waals surface area contributed by atoms with E-state index in [0.29, 0.717) is 51.4 Å². The van der Waals surface area contributed by atoms with Gasteiger partial charge in [0.1, 0.15) is 63.3 Å². The van der Waals surface area contributed by atoms with Gasteiger partial charge in [-0.2, -0.15) is 0 Å². The number of rotatable bonds is 7. The van der Waals surface area contributed by atoms with Gasteiger partial charge in [-0.1, -0.05) is 11.6 Å². The third kappa shape index (κ3) is 14.7. The number of aldehydes is 1. The van der Waals surface area contributed by atoms with E-state index in [9.17, 15) is 27.6 Å². The highest BCUT2D eigenvalue weighted by atomic mass is 35.5. The molecule has 0 fully saturated rings. The Labute approximate surface area is 296 Å². The molecule has 0 bridgehead atoms. The van der Waals surface area contributed by atoms with Crippen LogP contribution in [0.4, 0.5) is 13.2 Å². The van der Waals surface area contributed by atoms with E-state index in [0.717, 1.165) is 0 Å². The Hall–Kier alpha value is -6.40. The first-order chi connectivity index (χ1) is 24.4. The first-order valence-corrected chi connectivity index (χ1v) is 15.1. The fourth-order valence-corrected chi connectivity index (χ4v) is 3.70. The second-order valence-electron chi connectivity index (χ2n) is 9.97. The number of carbonyl (C=O) groups excluding carboxylic acids is 3. The Morgan fingerprint density at radius 1 is 0.588 bits per heavy atom. The maximum Gasteiger partial charge on any atom is 0.178 e. The van der Waals surface area contributed by atoms with Crippen LogP contribution >= 0.6 is 11.6 Å². The SMILES string of the molecule is CC(=O)c1cc(Cl)ccn1.CC(=O)c1cc(Oc2ccc(F)cc2)ccn1.O=Cc1cc(Oc2ccc(F)cc2)ccn1.Oc1ccc(F)cc1. The van der Waals surface area contributed by atoms with Gasteiger partial charge < -0.3 is 14.6 Å². The Kier molecular flexibility index (Phi) is 15.5. The van der Waals surface area contributed by atoms with Gasteiger partial charge in [-0.05, 0) is 97.1 Å². The summed E-state index contributed by atoms with van der Waals surface area (Å²) in [4.78, 5) is 43.8. The predicted molar refractivity (Wildman–Crippen MR) is 184 cm³/mol. The zero-order chi connectivity index (χ0) is 37.2. The number of phenolic OH excluding ortho intramolecular Hbond substituents is 1. The van der Waals surface area contributed by atoms with Crippen LogP contribution in [-0.4, -0.2) is 37.9 Å². The number of ketones is 2. The molecular weight excluding hydrogens is 687 g/mol. The summed E-state index contributed by atoms with van der Waals surface area (Å²) in [7, 11) is 0. The number of phenols is 1. The van der Waals surface area contributed by atoms with Crippen LogP contribution in [0.15, 0.2) is 128 Å². The average Bonchev–Trinajstić information content (AvgIpc) is 3.12. The molecule has 9 nitrogen and oxygen atoms in total. The molecule has 0 spiro atoms. The Bertz CT molecular complexity index is 2010. The molecular formula is C38H29ClF3N3O6. The minimum atomic E-state index is -0.331. The molecule has 0 radical (unpaired) electrons.